The third-order valence-corrected chi connectivity index (χ3v) is 4.12. The molecule has 9 heteroatoms. The Hall–Kier alpha value is -3.64. The second-order valence-corrected chi connectivity index (χ2v) is 6.01. The average molecular weight is 385 g/mol. The van der Waals surface area contributed by atoms with Crippen molar-refractivity contribution in [1.82, 2.24) is 0 Å². The van der Waals surface area contributed by atoms with Crippen LogP contribution in [0, 0.1) is 11.3 Å². The molecule has 138 valence electrons. The Bertz CT molecular complexity index is 925. The zero-order valence-corrected chi connectivity index (χ0v) is 15.0. The molecule has 0 aliphatic heterocycles. The van der Waals surface area contributed by atoms with E-state index in [1.165, 1.54) is 19.3 Å². The molecule has 8 nitrogen and oxygen atoms in total. The lowest BCUT2D eigenvalue weighted by Crippen LogP contribution is -2.22. The molecule has 0 aliphatic carbocycles. The van der Waals surface area contributed by atoms with E-state index in [1.54, 1.807) is 35.7 Å². The van der Waals surface area contributed by atoms with Crippen LogP contribution in [0.15, 0.2) is 41.3 Å². The number of methoxy groups -OCH3 is 1. The lowest BCUT2D eigenvalue weighted by atomic mass is 10.1. The standard InChI is InChI=1S/C18H15N3O5S/c1-25-13-4-2-11(3-5-13)8-12(9-19)18(24)26-10-15(22)21-17-14(16(20)23)6-7-27-17/h2-8H,10H2,1H3,(H2,20,23)(H,21,22)/b12-8+. The Balaban J connectivity index is 1.97. The SMILES string of the molecule is COc1ccc(/C=C(\C#N)C(=O)OCC(=O)Nc2sccc2C(N)=O)cc1. The highest BCUT2D eigenvalue weighted by atomic mass is 32.1. The molecule has 0 unspecified atom stereocenters. The van der Waals surface area contributed by atoms with Crippen LogP contribution in [0.2, 0.25) is 0 Å². The van der Waals surface area contributed by atoms with E-state index in [2.05, 4.69) is 5.32 Å². The monoisotopic (exact) mass is 385 g/mol. The number of rotatable bonds is 7. The smallest absolute Gasteiger partial charge is 0.349 e. The van der Waals surface area contributed by atoms with Crippen LogP contribution < -0.4 is 15.8 Å². The van der Waals surface area contributed by atoms with Gasteiger partial charge in [-0.2, -0.15) is 5.26 Å². The van der Waals surface area contributed by atoms with E-state index in [4.69, 9.17) is 20.5 Å². The van der Waals surface area contributed by atoms with Gasteiger partial charge < -0.3 is 20.5 Å². The van der Waals surface area contributed by atoms with Crippen molar-refractivity contribution in [2.75, 3.05) is 19.0 Å². The number of nitrogens with one attached hydrogen (secondary N) is 1. The Labute approximate surface area is 158 Å². The van der Waals surface area contributed by atoms with Crippen molar-refractivity contribution in [3.8, 4) is 11.8 Å². The van der Waals surface area contributed by atoms with Gasteiger partial charge in [0.25, 0.3) is 11.8 Å². The van der Waals surface area contributed by atoms with Crippen LogP contribution in [0.4, 0.5) is 5.00 Å². The fourth-order valence-electron chi connectivity index (χ4n) is 1.98. The van der Waals surface area contributed by atoms with Crippen LogP contribution in [0.25, 0.3) is 6.08 Å². The first-order valence-electron chi connectivity index (χ1n) is 7.54. The van der Waals surface area contributed by atoms with Gasteiger partial charge in [0.05, 0.1) is 12.7 Å². The molecule has 0 radical (unpaired) electrons. The summed E-state index contributed by atoms with van der Waals surface area (Å²) in [6.45, 7) is -0.615. The number of anilines is 1. The molecule has 0 spiro atoms. The predicted octanol–water partition coefficient (Wildman–Crippen LogP) is 1.94. The van der Waals surface area contributed by atoms with E-state index in [9.17, 15) is 14.4 Å². The maximum absolute atomic E-state index is 12.0. The Morgan fingerprint density at radius 3 is 2.56 bits per heavy atom. The molecule has 2 aromatic rings. The van der Waals surface area contributed by atoms with E-state index in [0.29, 0.717) is 11.3 Å². The average Bonchev–Trinajstić information content (AvgIpc) is 3.13. The van der Waals surface area contributed by atoms with Gasteiger partial charge in [0.1, 0.15) is 22.4 Å². The van der Waals surface area contributed by atoms with Gasteiger partial charge in [-0.1, -0.05) is 12.1 Å². The van der Waals surface area contributed by atoms with Gasteiger partial charge in [0.15, 0.2) is 6.61 Å². The molecule has 0 saturated heterocycles. The molecule has 1 aromatic heterocycles. The van der Waals surface area contributed by atoms with Crippen molar-refractivity contribution in [3.05, 3.63) is 52.4 Å². The molecule has 1 heterocycles. The maximum Gasteiger partial charge on any atom is 0.349 e. The quantitative estimate of drug-likeness (QED) is 0.425. The second-order valence-electron chi connectivity index (χ2n) is 5.09. The maximum atomic E-state index is 12.0. The van der Waals surface area contributed by atoms with Gasteiger partial charge >= 0.3 is 5.97 Å². The highest BCUT2D eigenvalue weighted by Crippen LogP contribution is 2.22. The number of hydrogen-bond donors (Lipinski definition) is 2. The molecule has 27 heavy (non-hydrogen) atoms. The van der Waals surface area contributed by atoms with Crippen LogP contribution in [0.3, 0.4) is 0 Å². The number of thiophene rings is 1. The fourth-order valence-corrected chi connectivity index (χ4v) is 2.78. The van der Waals surface area contributed by atoms with E-state index in [1.807, 2.05) is 0 Å². The first-order valence-corrected chi connectivity index (χ1v) is 8.42. The summed E-state index contributed by atoms with van der Waals surface area (Å²) in [5.41, 5.74) is 5.68. The summed E-state index contributed by atoms with van der Waals surface area (Å²) >= 11 is 1.11. The minimum absolute atomic E-state index is 0.164. The van der Waals surface area contributed by atoms with Gasteiger partial charge in [0, 0.05) is 0 Å². The van der Waals surface area contributed by atoms with Gasteiger partial charge in [-0.25, -0.2) is 4.79 Å². The molecule has 0 bridgehead atoms. The molecule has 2 amide bonds. The Morgan fingerprint density at radius 2 is 1.96 bits per heavy atom. The summed E-state index contributed by atoms with van der Waals surface area (Å²) in [7, 11) is 1.52. The number of nitrogens with two attached hydrogens (primary N) is 1. The normalized spacial score (nSPS) is 10.6. The minimum Gasteiger partial charge on any atom is -0.497 e. The molecule has 2 rings (SSSR count). The zero-order chi connectivity index (χ0) is 19.8. The summed E-state index contributed by atoms with van der Waals surface area (Å²) < 4.78 is 9.87. The highest BCUT2D eigenvalue weighted by molar-refractivity contribution is 7.14. The largest absolute Gasteiger partial charge is 0.497 e. The summed E-state index contributed by atoms with van der Waals surface area (Å²) in [6, 6.07) is 9.89. The molecule has 1 aromatic carbocycles. The van der Waals surface area contributed by atoms with Crippen LogP contribution in [-0.2, 0) is 14.3 Å². The summed E-state index contributed by atoms with van der Waals surface area (Å²) in [4.78, 5) is 35.1. The number of carbonyl (C=O) groups is 3. The van der Waals surface area contributed by atoms with Crippen molar-refractivity contribution < 1.29 is 23.9 Å². The summed E-state index contributed by atoms with van der Waals surface area (Å²) in [5, 5.41) is 13.4. The van der Waals surface area contributed by atoms with Gasteiger partial charge in [-0.15, -0.1) is 11.3 Å². The highest BCUT2D eigenvalue weighted by Gasteiger charge is 2.16. The van der Waals surface area contributed by atoms with Crippen LogP contribution >= 0.6 is 11.3 Å². The second kappa shape index (κ2) is 9.17. The third-order valence-electron chi connectivity index (χ3n) is 3.29. The van der Waals surface area contributed by atoms with E-state index >= 15 is 0 Å². The first-order chi connectivity index (χ1) is 12.9. The van der Waals surface area contributed by atoms with Crippen molar-refractivity contribution in [3.63, 3.8) is 0 Å². The topological polar surface area (TPSA) is 132 Å². The molecule has 3 N–H and O–H groups in total. The summed E-state index contributed by atoms with van der Waals surface area (Å²) in [6.07, 6.45) is 1.34. The van der Waals surface area contributed by atoms with Crippen molar-refractivity contribution >= 4 is 40.2 Å². The molecular weight excluding hydrogens is 370 g/mol. The van der Waals surface area contributed by atoms with Gasteiger partial charge in [0.2, 0.25) is 0 Å². The third kappa shape index (κ3) is 5.42. The first kappa shape index (κ1) is 19.7. The molecule has 0 aliphatic rings. The molecule has 0 fully saturated rings. The lowest BCUT2D eigenvalue weighted by Gasteiger charge is -2.06. The molecule has 0 saturated carbocycles. The minimum atomic E-state index is -0.940. The van der Waals surface area contributed by atoms with E-state index < -0.39 is 24.4 Å². The molecule has 0 atom stereocenters. The van der Waals surface area contributed by atoms with Crippen LogP contribution in [0.1, 0.15) is 15.9 Å². The number of ether oxygens (including phenoxy) is 2. The number of nitriles is 1. The van der Waals surface area contributed by atoms with Crippen molar-refractivity contribution in [2.45, 2.75) is 0 Å². The predicted molar refractivity (Wildman–Crippen MR) is 99.0 cm³/mol. The van der Waals surface area contributed by atoms with Crippen LogP contribution in [0.5, 0.6) is 5.75 Å². The number of esters is 1. The lowest BCUT2D eigenvalue weighted by molar-refractivity contribution is -0.142. The molecular formula is C18H15N3O5S. The number of benzene rings is 1. The number of hydrogen-bond acceptors (Lipinski definition) is 7. The zero-order valence-electron chi connectivity index (χ0n) is 14.2. The number of carbonyl (C=O) groups excluding carboxylic acids is 3. The summed E-state index contributed by atoms with van der Waals surface area (Å²) in [5.74, 6) is -1.65. The number of nitrogens with zero attached hydrogens (tertiary/aromatic N) is 1. The van der Waals surface area contributed by atoms with E-state index in [0.717, 1.165) is 11.3 Å². The van der Waals surface area contributed by atoms with Crippen molar-refractivity contribution in [1.29, 1.82) is 5.26 Å². The van der Waals surface area contributed by atoms with Gasteiger partial charge in [-0.05, 0) is 35.2 Å². The Morgan fingerprint density at radius 1 is 1.26 bits per heavy atom. The van der Waals surface area contributed by atoms with E-state index in [-0.39, 0.29) is 16.1 Å². The number of amides is 2. The van der Waals surface area contributed by atoms with Gasteiger partial charge in [-0.3, -0.25) is 9.59 Å². The van der Waals surface area contributed by atoms with Crippen molar-refractivity contribution in [2.24, 2.45) is 5.73 Å². The number of primary amides is 1. The van der Waals surface area contributed by atoms with Crippen LogP contribution in [-0.4, -0.2) is 31.5 Å². The Kier molecular flexibility index (Phi) is 6.68. The fraction of sp³-hybridized carbons (Fsp3) is 0.111.